The van der Waals surface area contributed by atoms with E-state index < -0.39 is 234 Å². The van der Waals surface area contributed by atoms with E-state index in [-0.39, 0.29) is 62.9 Å². The summed E-state index contributed by atoms with van der Waals surface area (Å²) in [5.41, 5.74) is 26.7. The van der Waals surface area contributed by atoms with Gasteiger partial charge in [-0.05, 0) is 91.3 Å². The zero-order valence-corrected chi connectivity index (χ0v) is 73.6. The fourth-order valence-electron chi connectivity index (χ4n) is 14.2. The number of aromatic hydroxyl groups is 1. The molecule has 15 amide bonds. The molecule has 0 spiro atoms. The van der Waals surface area contributed by atoms with Crippen LogP contribution in [0.3, 0.4) is 0 Å². The molecule has 0 bridgehead atoms. The molecule has 1 aliphatic rings. The van der Waals surface area contributed by atoms with Gasteiger partial charge in [0.05, 0.1) is 25.3 Å². The minimum atomic E-state index is -2.07. The summed E-state index contributed by atoms with van der Waals surface area (Å²) in [7, 11) is 5.95. The number of nitrogens with one attached hydrogen (secondary N) is 15. The number of hydrogen-bond acceptors (Lipinski definition) is 22. The number of rotatable bonds is 29. The van der Waals surface area contributed by atoms with Gasteiger partial charge in [0, 0.05) is 111 Å². The number of amides is 15. The summed E-state index contributed by atoms with van der Waals surface area (Å²) < 4.78 is 1.75. The van der Waals surface area contributed by atoms with Gasteiger partial charge < -0.3 is 121 Å². The van der Waals surface area contributed by atoms with Crippen molar-refractivity contribution < 1.29 is 86.9 Å². The molecule has 3 aromatic carbocycles. The van der Waals surface area contributed by atoms with Gasteiger partial charge in [-0.2, -0.15) is 0 Å². The maximum atomic E-state index is 15.5. The number of carboxylic acids is 1. The minimum absolute atomic E-state index is 0.0137. The number of para-hydroxylation sites is 2. The highest BCUT2D eigenvalue weighted by Crippen LogP contribution is 2.28. The van der Waals surface area contributed by atoms with Crippen molar-refractivity contribution >= 4 is 144 Å². The number of hydrogen-bond donors (Lipinski definition) is 21. The molecular formula is C83H117N23O18S2. The number of phenols is 1. The van der Waals surface area contributed by atoms with Crippen LogP contribution in [0.1, 0.15) is 116 Å². The van der Waals surface area contributed by atoms with Crippen LogP contribution in [0, 0.1) is 23.2 Å². The SMILES string of the molecule is CC[C@H](C)[C@H](NC(=O)[C@H](N)Cc1ccc(O)cc1)C(=O)N[C@H]1CSSC[C@@H](C(=O)N(C)[C@H](C(N)=O)[C@@H](C)CC)NC(=O)[C@@H](CCCNC(=N)N)NC(=O)[C@H](Cc2cnc[nH]2)NC(=O)[C@H](C)NC(=O)CN(C)C(=O)[C@H](Cc2c[nH]c3ccccc23)NC(=O)[C@H](CC(=O)O)NC(=O)[C@H](CCC(N)=O)NC(=O)[C@H](Cc2cn(C)c3ccccc23)NC(=O)[C@H](C(C)C)NC1=O. The van der Waals surface area contributed by atoms with E-state index in [1.807, 2.05) is 0 Å². The summed E-state index contributed by atoms with van der Waals surface area (Å²) in [6.45, 7) is 10.3. The van der Waals surface area contributed by atoms with Crippen molar-refractivity contribution in [2.45, 2.75) is 198 Å². The van der Waals surface area contributed by atoms with E-state index in [2.05, 4.69) is 78.8 Å². The molecule has 15 atom stereocenters. The number of fused-ring (bicyclic) bond motifs is 2. The third-order valence-corrected chi connectivity index (χ3v) is 24.1. The van der Waals surface area contributed by atoms with Gasteiger partial charge in [0.15, 0.2) is 5.96 Å². The van der Waals surface area contributed by atoms with Crippen molar-refractivity contribution in [3.63, 3.8) is 0 Å². The lowest BCUT2D eigenvalue weighted by Crippen LogP contribution is -2.62. The predicted molar refractivity (Wildman–Crippen MR) is 470 cm³/mol. The number of carboxylic acid groups (broad SMARTS) is 1. The third-order valence-electron chi connectivity index (χ3n) is 21.6. The lowest BCUT2D eigenvalue weighted by atomic mass is 9.97. The van der Waals surface area contributed by atoms with E-state index in [9.17, 15) is 58.2 Å². The number of aliphatic carboxylic acids is 1. The number of guanidine groups is 1. The number of nitrogens with two attached hydrogens (primary N) is 4. The van der Waals surface area contributed by atoms with Crippen molar-refractivity contribution in [1.82, 2.24) is 93.1 Å². The fourth-order valence-corrected chi connectivity index (χ4v) is 16.5. The number of benzene rings is 3. The minimum Gasteiger partial charge on any atom is -0.508 e. The number of aromatic amines is 2. The first-order chi connectivity index (χ1) is 59.7. The largest absolute Gasteiger partial charge is 0.508 e. The van der Waals surface area contributed by atoms with E-state index in [0.717, 1.165) is 31.4 Å². The molecule has 126 heavy (non-hydrogen) atoms. The van der Waals surface area contributed by atoms with Crippen LogP contribution in [0.15, 0.2) is 97.7 Å². The highest BCUT2D eigenvalue weighted by molar-refractivity contribution is 8.76. The molecular weight excluding hydrogens is 1670 g/mol. The predicted octanol–water partition coefficient (Wildman–Crippen LogP) is -2.04. The highest BCUT2D eigenvalue weighted by Gasteiger charge is 2.41. The molecule has 43 heteroatoms. The van der Waals surface area contributed by atoms with Crippen LogP contribution in [0.2, 0.25) is 0 Å². The Morgan fingerprint density at radius 1 is 0.651 bits per heavy atom. The maximum absolute atomic E-state index is 15.5. The van der Waals surface area contributed by atoms with Crippen molar-refractivity contribution in [2.75, 3.05) is 38.7 Å². The Hall–Kier alpha value is -12.8. The molecule has 25 N–H and O–H groups in total. The summed E-state index contributed by atoms with van der Waals surface area (Å²) in [6, 6.07) is -1.05. The molecule has 1 saturated heterocycles. The Kier molecular flexibility index (Phi) is 38.1. The maximum Gasteiger partial charge on any atom is 0.305 e. The Balaban J connectivity index is 1.36. The van der Waals surface area contributed by atoms with Crippen LogP contribution < -0.4 is 86.7 Å². The molecule has 0 saturated carbocycles. The van der Waals surface area contributed by atoms with Gasteiger partial charge in [0.1, 0.15) is 78.3 Å². The van der Waals surface area contributed by atoms with Crippen LogP contribution in [-0.4, -0.2) is 257 Å². The van der Waals surface area contributed by atoms with Gasteiger partial charge in [0.25, 0.3) is 0 Å². The average molecular weight is 1790 g/mol. The molecule has 7 rings (SSSR count). The molecule has 1 fully saturated rings. The number of phenolic OH excluding ortho intramolecular Hbond substituents is 1. The number of nitrogens with zero attached hydrogens (tertiary/aromatic N) is 4. The molecule has 6 aromatic rings. The van der Waals surface area contributed by atoms with Crippen molar-refractivity contribution in [1.29, 1.82) is 5.41 Å². The van der Waals surface area contributed by atoms with Crippen LogP contribution in [0.4, 0.5) is 0 Å². The normalized spacial score (nSPS) is 21.9. The van der Waals surface area contributed by atoms with Crippen LogP contribution in [0.25, 0.3) is 21.8 Å². The van der Waals surface area contributed by atoms with Crippen molar-refractivity contribution in [2.24, 2.45) is 47.7 Å². The first-order valence-corrected chi connectivity index (χ1v) is 43.7. The molecule has 0 unspecified atom stereocenters. The number of likely N-dealkylation sites (N-methyl/N-ethyl adjacent to an activating group) is 2. The second-order valence-electron chi connectivity index (χ2n) is 31.7. The van der Waals surface area contributed by atoms with Crippen molar-refractivity contribution in [3.8, 4) is 5.75 Å². The van der Waals surface area contributed by atoms with Gasteiger partial charge in [-0.3, -0.25) is 82.1 Å². The third kappa shape index (κ3) is 29.4. The summed E-state index contributed by atoms with van der Waals surface area (Å²) in [5, 5.41) is 60.8. The number of H-pyrrole nitrogens is 2. The Morgan fingerprint density at radius 2 is 1.23 bits per heavy atom. The Bertz CT molecular complexity index is 4870. The second kappa shape index (κ2) is 47.9. The molecule has 684 valence electrons. The number of imidazole rings is 1. The van der Waals surface area contributed by atoms with Crippen molar-refractivity contribution in [3.05, 3.63) is 120 Å². The highest BCUT2D eigenvalue weighted by atomic mass is 33.1. The molecule has 1 aliphatic heterocycles. The molecule has 0 radical (unpaired) electrons. The summed E-state index contributed by atoms with van der Waals surface area (Å²) in [5.74, 6) is -20.1. The number of aromatic nitrogens is 4. The summed E-state index contributed by atoms with van der Waals surface area (Å²) in [6.07, 6.45) is 2.85. The quantitative estimate of drug-likeness (QED) is 0.0104. The smallest absolute Gasteiger partial charge is 0.305 e. The standard InChI is InChI=1S/C83H117N23O18S2/c1-11-43(5)68(103-72(114)53(84)30-46-23-25-50(107)26-24-46)80(122)100-61-39-125-126-40-62(82(124)106(10)69(70(86)112)44(6)12-2)101-73(115)55(21-17-29-90-83(87)88)94-76(118)58(33-49-36-89-41-92-49)96-71(113)45(7)93-65(109)38-105(9)81(123)60(31-47-35-91-54-20-15-13-18-51(47)54)99-77(119)59(34-66(110)111)97-74(116)56(27-28-64(85)108)95-75(117)57(98-79(121)67(42(3)4)102-78(61)120)32-48-37-104(8)63-22-16-14-19-52(48)63/h13-16,18-20,22-26,35-37,41-45,53,55-62,67-69,91,107H,11-12,17,21,27-34,38-40,84H2,1-10H3,(H2,85,108)(H2,86,112)(H,89,92)(H,93,109)(H,94,118)(H,95,117)(H,96,113)(H,97,116)(H,98,121)(H,99,119)(H,100,122)(H,101,115)(H,102,120)(H,103,114)(H,110,111)(H4,87,88,90)/t43-,44-,45-,53+,55+,56-,57-,58-,59-,60-,61-,62-,67-,68-,69-/m0/s1. The molecule has 41 nitrogen and oxygen atoms in total. The average Bonchev–Trinajstić information content (AvgIpc) is 1.65. The Morgan fingerprint density at radius 3 is 1.86 bits per heavy atom. The lowest BCUT2D eigenvalue weighted by Gasteiger charge is -2.33. The molecule has 0 aliphatic carbocycles. The van der Waals surface area contributed by atoms with Crippen LogP contribution in [0.5, 0.6) is 5.75 Å². The zero-order chi connectivity index (χ0) is 92.9. The topological polar surface area (TPSA) is 642 Å². The first kappa shape index (κ1) is 100. The van der Waals surface area contributed by atoms with Gasteiger partial charge >= 0.3 is 5.97 Å². The van der Waals surface area contributed by atoms with Crippen LogP contribution >= 0.6 is 21.6 Å². The fraction of sp³-hybridized carbons (Fsp3) is 0.494. The van der Waals surface area contributed by atoms with Gasteiger partial charge in [-0.25, -0.2) is 4.98 Å². The van der Waals surface area contributed by atoms with E-state index in [0.29, 0.717) is 44.9 Å². The number of carbonyl (C=O) groups is 16. The van der Waals surface area contributed by atoms with Gasteiger partial charge in [-0.15, -0.1) is 0 Å². The zero-order valence-electron chi connectivity index (χ0n) is 71.9. The summed E-state index contributed by atoms with van der Waals surface area (Å²) >= 11 is 0. The van der Waals surface area contributed by atoms with E-state index in [1.165, 1.54) is 45.7 Å². The van der Waals surface area contributed by atoms with Gasteiger partial charge in [-0.1, -0.05) is 125 Å². The molecule has 3 aromatic heterocycles. The van der Waals surface area contributed by atoms with E-state index in [4.69, 9.17) is 28.3 Å². The monoisotopic (exact) mass is 1790 g/mol. The second-order valence-corrected chi connectivity index (χ2v) is 34.3. The Labute approximate surface area is 735 Å². The lowest BCUT2D eigenvalue weighted by molar-refractivity contribution is -0.142. The number of primary amides is 2. The molecule has 4 heterocycles. The summed E-state index contributed by atoms with van der Waals surface area (Å²) in [4.78, 5) is 245. The van der Waals surface area contributed by atoms with Gasteiger partial charge in [0.2, 0.25) is 88.6 Å². The van der Waals surface area contributed by atoms with Crippen LogP contribution in [-0.2, 0) is 109 Å². The number of aryl methyl sites for hydroxylation is 1. The van der Waals surface area contributed by atoms with E-state index >= 15 is 28.8 Å². The number of carbonyl (C=O) groups excluding carboxylic acids is 15. The first-order valence-electron chi connectivity index (χ1n) is 41.2. The van der Waals surface area contributed by atoms with E-state index in [1.54, 1.807) is 126 Å².